The standard InChI is InChI=1S/C17H19FN2O5S2/c1-12-10-13(18)4-7-17(12)27(23,24)19-15-6-5-14(11-16(15)25-2)20-8-3-9-26(20,21)22/h4-7,10-11,19H,3,8-9H2,1-2H3. The first-order chi connectivity index (χ1) is 12.6. The smallest absolute Gasteiger partial charge is 0.262 e. The highest BCUT2D eigenvalue weighted by atomic mass is 32.2. The monoisotopic (exact) mass is 414 g/mol. The van der Waals surface area contributed by atoms with Crippen LogP contribution in [0.3, 0.4) is 0 Å². The van der Waals surface area contributed by atoms with Gasteiger partial charge in [0.1, 0.15) is 11.6 Å². The van der Waals surface area contributed by atoms with Crippen molar-refractivity contribution in [3.8, 4) is 5.75 Å². The van der Waals surface area contributed by atoms with Crippen molar-refractivity contribution in [1.82, 2.24) is 0 Å². The molecule has 0 unspecified atom stereocenters. The fraction of sp³-hybridized carbons (Fsp3) is 0.294. The van der Waals surface area contributed by atoms with E-state index >= 15 is 0 Å². The normalized spacial score (nSPS) is 16.3. The molecular weight excluding hydrogens is 395 g/mol. The zero-order valence-electron chi connectivity index (χ0n) is 14.8. The van der Waals surface area contributed by atoms with E-state index in [1.54, 1.807) is 0 Å². The Morgan fingerprint density at radius 3 is 2.52 bits per heavy atom. The highest BCUT2D eigenvalue weighted by Crippen LogP contribution is 2.34. The van der Waals surface area contributed by atoms with Crippen LogP contribution >= 0.6 is 0 Å². The number of hydrogen-bond acceptors (Lipinski definition) is 5. The highest BCUT2D eigenvalue weighted by Gasteiger charge is 2.29. The number of rotatable bonds is 5. The Kier molecular flexibility index (Phi) is 5.04. The van der Waals surface area contributed by atoms with Crippen molar-refractivity contribution in [2.75, 3.05) is 28.4 Å². The van der Waals surface area contributed by atoms with Gasteiger partial charge in [0.15, 0.2) is 0 Å². The summed E-state index contributed by atoms with van der Waals surface area (Å²) in [6.45, 7) is 1.86. The number of anilines is 2. The van der Waals surface area contributed by atoms with E-state index < -0.39 is 25.9 Å². The molecule has 1 aliphatic heterocycles. The van der Waals surface area contributed by atoms with Gasteiger partial charge in [-0.15, -0.1) is 0 Å². The quantitative estimate of drug-likeness (QED) is 0.811. The Morgan fingerprint density at radius 2 is 1.93 bits per heavy atom. The van der Waals surface area contributed by atoms with Crippen LogP contribution in [0.15, 0.2) is 41.3 Å². The summed E-state index contributed by atoms with van der Waals surface area (Å²) < 4.78 is 71.6. The first-order valence-corrected chi connectivity index (χ1v) is 11.2. The molecule has 1 aliphatic rings. The molecule has 0 bridgehead atoms. The SMILES string of the molecule is COc1cc(N2CCCS2(=O)=O)ccc1NS(=O)(=O)c1ccc(F)cc1C. The van der Waals surface area contributed by atoms with Gasteiger partial charge >= 0.3 is 0 Å². The van der Waals surface area contributed by atoms with Crippen LogP contribution in [0, 0.1) is 12.7 Å². The number of methoxy groups -OCH3 is 1. The second-order valence-corrected chi connectivity index (χ2v) is 9.81. The van der Waals surface area contributed by atoms with Crippen molar-refractivity contribution in [2.24, 2.45) is 0 Å². The zero-order chi connectivity index (χ0) is 19.8. The van der Waals surface area contributed by atoms with Crippen LogP contribution in [0.1, 0.15) is 12.0 Å². The van der Waals surface area contributed by atoms with Crippen molar-refractivity contribution in [3.05, 3.63) is 47.8 Å². The summed E-state index contributed by atoms with van der Waals surface area (Å²) in [6, 6.07) is 7.81. The zero-order valence-corrected chi connectivity index (χ0v) is 16.4. The van der Waals surface area contributed by atoms with Crippen molar-refractivity contribution in [3.63, 3.8) is 0 Å². The second-order valence-electron chi connectivity index (χ2n) is 6.14. The Morgan fingerprint density at radius 1 is 1.19 bits per heavy atom. The van der Waals surface area contributed by atoms with Crippen LogP contribution in [-0.4, -0.2) is 36.2 Å². The van der Waals surface area contributed by atoms with Crippen molar-refractivity contribution in [2.45, 2.75) is 18.2 Å². The molecule has 7 nitrogen and oxygen atoms in total. The fourth-order valence-electron chi connectivity index (χ4n) is 2.96. The molecule has 2 aromatic carbocycles. The first kappa shape index (κ1) is 19.4. The van der Waals surface area contributed by atoms with Gasteiger partial charge < -0.3 is 4.74 Å². The molecule has 1 fully saturated rings. The van der Waals surface area contributed by atoms with Gasteiger partial charge in [0.25, 0.3) is 10.0 Å². The summed E-state index contributed by atoms with van der Waals surface area (Å²) in [5, 5.41) is 0. The lowest BCUT2D eigenvalue weighted by Gasteiger charge is -2.19. The van der Waals surface area contributed by atoms with Crippen molar-refractivity contribution in [1.29, 1.82) is 0 Å². The largest absolute Gasteiger partial charge is 0.494 e. The summed E-state index contributed by atoms with van der Waals surface area (Å²) in [6.07, 6.45) is 0.531. The lowest BCUT2D eigenvalue weighted by atomic mass is 10.2. The molecule has 27 heavy (non-hydrogen) atoms. The average Bonchev–Trinajstić information content (AvgIpc) is 2.93. The predicted molar refractivity (Wildman–Crippen MR) is 101 cm³/mol. The van der Waals surface area contributed by atoms with Gasteiger partial charge in [-0.05, 0) is 49.2 Å². The van der Waals surface area contributed by atoms with Crippen LogP contribution in [-0.2, 0) is 20.0 Å². The van der Waals surface area contributed by atoms with Crippen LogP contribution in [0.25, 0.3) is 0 Å². The predicted octanol–water partition coefficient (Wildman–Crippen LogP) is 2.48. The Balaban J connectivity index is 1.95. The maximum atomic E-state index is 13.2. The van der Waals surface area contributed by atoms with Crippen LogP contribution < -0.4 is 13.8 Å². The lowest BCUT2D eigenvalue weighted by Crippen LogP contribution is -2.25. The molecule has 1 saturated heterocycles. The minimum Gasteiger partial charge on any atom is -0.494 e. The molecule has 1 heterocycles. The molecule has 0 aliphatic carbocycles. The number of benzene rings is 2. The number of sulfonamides is 2. The number of ether oxygens (including phenoxy) is 1. The molecule has 0 atom stereocenters. The van der Waals surface area contributed by atoms with E-state index in [0.717, 1.165) is 12.1 Å². The minimum absolute atomic E-state index is 0.0582. The number of nitrogens with one attached hydrogen (secondary N) is 1. The molecule has 10 heteroatoms. The Bertz CT molecular complexity index is 1080. The third kappa shape index (κ3) is 3.86. The van der Waals surface area contributed by atoms with Gasteiger partial charge in [0.2, 0.25) is 10.0 Å². The minimum atomic E-state index is -3.98. The van der Waals surface area contributed by atoms with E-state index in [-0.39, 0.29) is 27.6 Å². The first-order valence-electron chi connectivity index (χ1n) is 8.11. The molecule has 1 N–H and O–H groups in total. The fourth-order valence-corrected chi connectivity index (χ4v) is 5.82. The number of hydrogen-bond donors (Lipinski definition) is 1. The third-order valence-electron chi connectivity index (χ3n) is 4.24. The number of aryl methyl sites for hydroxylation is 1. The summed E-state index contributed by atoms with van der Waals surface area (Å²) in [4.78, 5) is -0.0582. The van der Waals surface area contributed by atoms with Crippen LogP contribution in [0.2, 0.25) is 0 Å². The van der Waals surface area contributed by atoms with E-state index in [1.165, 1.54) is 42.6 Å². The molecule has 0 amide bonds. The van der Waals surface area contributed by atoms with E-state index in [0.29, 0.717) is 18.7 Å². The molecule has 0 aromatic heterocycles. The highest BCUT2D eigenvalue weighted by molar-refractivity contribution is 7.93. The van der Waals surface area contributed by atoms with Crippen LogP contribution in [0.5, 0.6) is 5.75 Å². The number of nitrogens with zero attached hydrogens (tertiary/aromatic N) is 1. The van der Waals surface area contributed by atoms with Gasteiger partial charge in [0.05, 0.1) is 29.1 Å². The molecule has 0 spiro atoms. The Hall–Kier alpha value is -2.33. The van der Waals surface area contributed by atoms with Crippen molar-refractivity contribution < 1.29 is 26.0 Å². The van der Waals surface area contributed by atoms with E-state index in [1.807, 2.05) is 0 Å². The van der Waals surface area contributed by atoms with E-state index in [2.05, 4.69) is 4.72 Å². The van der Waals surface area contributed by atoms with E-state index in [9.17, 15) is 21.2 Å². The van der Waals surface area contributed by atoms with Gasteiger partial charge in [-0.1, -0.05) is 0 Å². The lowest BCUT2D eigenvalue weighted by molar-refractivity contribution is 0.417. The maximum absolute atomic E-state index is 13.2. The summed E-state index contributed by atoms with van der Waals surface area (Å²) in [5.74, 6) is -0.272. The molecule has 0 radical (unpaired) electrons. The van der Waals surface area contributed by atoms with Crippen LogP contribution in [0.4, 0.5) is 15.8 Å². The third-order valence-corrected chi connectivity index (χ3v) is 7.64. The second kappa shape index (κ2) is 7.01. The molecule has 146 valence electrons. The number of halogens is 1. The van der Waals surface area contributed by atoms with Crippen molar-refractivity contribution >= 4 is 31.4 Å². The summed E-state index contributed by atoms with van der Waals surface area (Å²) in [5.41, 5.74) is 0.827. The molecule has 3 rings (SSSR count). The van der Waals surface area contributed by atoms with Gasteiger partial charge in [0, 0.05) is 12.6 Å². The Labute approximate surface area is 157 Å². The molecule has 0 saturated carbocycles. The summed E-state index contributed by atoms with van der Waals surface area (Å²) >= 11 is 0. The average molecular weight is 414 g/mol. The van der Waals surface area contributed by atoms with Gasteiger partial charge in [-0.2, -0.15) is 0 Å². The summed E-state index contributed by atoms with van der Waals surface area (Å²) in [7, 11) is -5.98. The molecule has 2 aromatic rings. The van der Waals surface area contributed by atoms with Gasteiger partial charge in [-0.3, -0.25) is 9.03 Å². The molecular formula is C17H19FN2O5S2. The van der Waals surface area contributed by atoms with Gasteiger partial charge in [-0.25, -0.2) is 21.2 Å². The maximum Gasteiger partial charge on any atom is 0.262 e. The van der Waals surface area contributed by atoms with E-state index in [4.69, 9.17) is 4.74 Å². The topological polar surface area (TPSA) is 92.8 Å².